The van der Waals surface area contributed by atoms with Crippen LogP contribution >= 0.6 is 0 Å². The van der Waals surface area contributed by atoms with E-state index < -0.39 is 6.04 Å². The van der Waals surface area contributed by atoms with Gasteiger partial charge in [0.05, 0.1) is 18.9 Å². The number of benzene rings is 1. The number of nitrogens with one attached hydrogen (secondary N) is 1. The molecule has 162 valence electrons. The van der Waals surface area contributed by atoms with Gasteiger partial charge in [-0.05, 0) is 19.1 Å². The lowest BCUT2D eigenvalue weighted by atomic mass is 10.0. The molecule has 0 saturated carbocycles. The van der Waals surface area contributed by atoms with Crippen LogP contribution in [0, 0.1) is 12.5 Å². The lowest BCUT2D eigenvalue weighted by Gasteiger charge is -2.26. The minimum Gasteiger partial charge on any atom is -0.508 e. The van der Waals surface area contributed by atoms with E-state index in [9.17, 15) is 5.11 Å². The number of phenols is 1. The molecule has 2 N–H and O–H groups in total. The fraction of sp³-hybridized carbons (Fsp3) is 0.381. The second-order valence-corrected chi connectivity index (χ2v) is 7.30. The normalized spacial score (nSPS) is 15.5. The summed E-state index contributed by atoms with van der Waals surface area (Å²) >= 11 is 0. The number of hydrogen-bond donors (Lipinski definition) is 2. The Morgan fingerprint density at radius 3 is 2.84 bits per heavy atom. The Labute approximate surface area is 180 Å². The Hall–Kier alpha value is -3.37. The Balaban J connectivity index is 1.62. The van der Waals surface area contributed by atoms with Gasteiger partial charge in [-0.15, -0.1) is 0 Å². The van der Waals surface area contributed by atoms with E-state index in [4.69, 9.17) is 15.0 Å². The van der Waals surface area contributed by atoms with Gasteiger partial charge in [0.2, 0.25) is 0 Å². The minimum atomic E-state index is -0.785. The second-order valence-electron chi connectivity index (χ2n) is 7.30. The number of aryl methyl sites for hydroxylation is 1. The van der Waals surface area contributed by atoms with Gasteiger partial charge in [-0.1, -0.05) is 11.6 Å². The Morgan fingerprint density at radius 2 is 2.10 bits per heavy atom. The SMILES string of the molecule is Cc1ccc(O)c(C(N=N)c2cc(-n3ccnc3)nc(OCCN3CCOCC3)n2)c1. The molecule has 0 amide bonds. The number of hydrogen-bond acceptors (Lipinski definition) is 9. The van der Waals surface area contributed by atoms with Crippen molar-refractivity contribution in [3.63, 3.8) is 0 Å². The molecule has 1 aromatic carbocycles. The lowest BCUT2D eigenvalue weighted by Crippen LogP contribution is -2.38. The van der Waals surface area contributed by atoms with Crippen molar-refractivity contribution < 1.29 is 14.6 Å². The first-order valence-electron chi connectivity index (χ1n) is 10.1. The molecular weight excluding hydrogens is 398 g/mol. The molecule has 10 nitrogen and oxygen atoms in total. The van der Waals surface area contributed by atoms with Crippen LogP contribution in [0.4, 0.5) is 0 Å². The zero-order valence-electron chi connectivity index (χ0n) is 17.3. The minimum absolute atomic E-state index is 0.0594. The van der Waals surface area contributed by atoms with Crippen molar-refractivity contribution in [3.05, 3.63) is 59.8 Å². The molecule has 1 fully saturated rings. The topological polar surface area (TPSA) is 122 Å². The molecule has 10 heteroatoms. The highest BCUT2D eigenvalue weighted by Crippen LogP contribution is 2.33. The van der Waals surface area contributed by atoms with Crippen molar-refractivity contribution in [2.24, 2.45) is 5.11 Å². The number of aromatic nitrogens is 4. The molecule has 31 heavy (non-hydrogen) atoms. The van der Waals surface area contributed by atoms with Gasteiger partial charge in [-0.3, -0.25) is 9.47 Å². The standard InChI is InChI=1S/C21H25N7O3/c1-15-2-3-18(29)16(12-15)20(26-22)17-13-19(28-5-4-23-14-28)25-21(24-17)31-11-8-27-6-9-30-10-7-27/h2-5,12-14,20,22,29H,6-11H2,1H3. The highest BCUT2D eigenvalue weighted by molar-refractivity contribution is 5.43. The number of nitrogens with zero attached hydrogens (tertiary/aromatic N) is 6. The first kappa shape index (κ1) is 20.9. The van der Waals surface area contributed by atoms with Gasteiger partial charge in [-0.2, -0.15) is 15.1 Å². The van der Waals surface area contributed by atoms with Crippen molar-refractivity contribution in [3.8, 4) is 17.6 Å². The molecule has 0 bridgehead atoms. The van der Waals surface area contributed by atoms with Crippen molar-refractivity contribution in [1.29, 1.82) is 5.53 Å². The summed E-state index contributed by atoms with van der Waals surface area (Å²) in [7, 11) is 0. The van der Waals surface area contributed by atoms with Crippen LogP contribution in [0.5, 0.6) is 11.8 Å². The average Bonchev–Trinajstić information content (AvgIpc) is 3.32. The van der Waals surface area contributed by atoms with E-state index >= 15 is 0 Å². The molecule has 0 aliphatic carbocycles. The van der Waals surface area contributed by atoms with E-state index in [0.29, 0.717) is 23.7 Å². The first-order valence-corrected chi connectivity index (χ1v) is 10.1. The Bertz CT molecular complexity index is 1020. The third kappa shape index (κ3) is 5.04. The number of morpholine rings is 1. The summed E-state index contributed by atoms with van der Waals surface area (Å²) in [4.78, 5) is 15.3. The van der Waals surface area contributed by atoms with Gasteiger partial charge in [0.1, 0.15) is 30.5 Å². The van der Waals surface area contributed by atoms with Crippen LogP contribution in [0.1, 0.15) is 22.9 Å². The molecule has 1 atom stereocenters. The van der Waals surface area contributed by atoms with E-state index in [2.05, 4.69) is 25.0 Å². The molecule has 1 aliphatic rings. The molecule has 1 saturated heterocycles. The van der Waals surface area contributed by atoms with Gasteiger partial charge < -0.3 is 14.6 Å². The number of rotatable bonds is 8. The Kier molecular flexibility index (Phi) is 6.48. The maximum absolute atomic E-state index is 10.4. The largest absolute Gasteiger partial charge is 0.508 e. The van der Waals surface area contributed by atoms with Gasteiger partial charge in [0, 0.05) is 43.7 Å². The van der Waals surface area contributed by atoms with Gasteiger partial charge in [0.15, 0.2) is 0 Å². The van der Waals surface area contributed by atoms with E-state index in [-0.39, 0.29) is 11.8 Å². The quantitative estimate of drug-likeness (QED) is 0.534. The van der Waals surface area contributed by atoms with Gasteiger partial charge in [0.25, 0.3) is 0 Å². The van der Waals surface area contributed by atoms with Crippen LogP contribution in [-0.2, 0) is 4.74 Å². The maximum atomic E-state index is 10.4. The van der Waals surface area contributed by atoms with Crippen LogP contribution in [0.3, 0.4) is 0 Å². The molecule has 0 spiro atoms. The molecule has 1 unspecified atom stereocenters. The Morgan fingerprint density at radius 1 is 1.26 bits per heavy atom. The molecule has 3 heterocycles. The van der Waals surface area contributed by atoms with E-state index in [1.807, 2.05) is 6.92 Å². The third-order valence-corrected chi connectivity index (χ3v) is 5.11. The fourth-order valence-corrected chi connectivity index (χ4v) is 3.44. The number of ether oxygens (including phenoxy) is 2. The lowest BCUT2D eigenvalue weighted by molar-refractivity contribution is 0.0317. The number of imidazole rings is 1. The predicted octanol–water partition coefficient (Wildman–Crippen LogP) is 2.51. The monoisotopic (exact) mass is 423 g/mol. The molecule has 1 aliphatic heterocycles. The number of aromatic hydroxyl groups is 1. The molecule has 0 radical (unpaired) electrons. The van der Waals surface area contributed by atoms with Crippen molar-refractivity contribution >= 4 is 0 Å². The summed E-state index contributed by atoms with van der Waals surface area (Å²) < 4.78 is 13.0. The molecule has 2 aromatic heterocycles. The maximum Gasteiger partial charge on any atom is 0.318 e. The summed E-state index contributed by atoms with van der Waals surface area (Å²) in [5.41, 5.74) is 9.67. The van der Waals surface area contributed by atoms with Crippen LogP contribution in [0.2, 0.25) is 0 Å². The average molecular weight is 423 g/mol. The van der Waals surface area contributed by atoms with E-state index in [1.54, 1.807) is 47.6 Å². The fourth-order valence-electron chi connectivity index (χ4n) is 3.44. The van der Waals surface area contributed by atoms with Crippen LogP contribution < -0.4 is 4.74 Å². The van der Waals surface area contributed by atoms with Crippen molar-refractivity contribution in [1.82, 2.24) is 24.4 Å². The predicted molar refractivity (Wildman–Crippen MR) is 112 cm³/mol. The highest BCUT2D eigenvalue weighted by atomic mass is 16.5. The summed E-state index contributed by atoms with van der Waals surface area (Å²) in [6.45, 7) is 6.27. The first-order chi connectivity index (χ1) is 15.1. The van der Waals surface area contributed by atoms with E-state index in [1.165, 1.54) is 0 Å². The zero-order chi connectivity index (χ0) is 21.6. The summed E-state index contributed by atoms with van der Waals surface area (Å²) in [6, 6.07) is 6.33. The summed E-state index contributed by atoms with van der Waals surface area (Å²) in [5, 5.41) is 14.1. The molecule has 4 rings (SSSR count). The van der Waals surface area contributed by atoms with Crippen LogP contribution in [-0.4, -0.2) is 69.0 Å². The van der Waals surface area contributed by atoms with Crippen molar-refractivity contribution in [2.45, 2.75) is 13.0 Å². The van der Waals surface area contributed by atoms with Crippen LogP contribution in [0.25, 0.3) is 5.82 Å². The van der Waals surface area contributed by atoms with Crippen molar-refractivity contribution in [2.75, 3.05) is 39.5 Å². The van der Waals surface area contributed by atoms with E-state index in [0.717, 1.165) is 38.4 Å². The van der Waals surface area contributed by atoms with Gasteiger partial charge in [-0.25, -0.2) is 10.5 Å². The zero-order valence-corrected chi connectivity index (χ0v) is 17.3. The molecule has 3 aromatic rings. The molecular formula is C21H25N7O3. The highest BCUT2D eigenvalue weighted by Gasteiger charge is 2.22. The number of phenolic OH excluding ortho intramolecular Hbond substituents is 1. The van der Waals surface area contributed by atoms with Crippen LogP contribution in [0.15, 0.2) is 48.1 Å². The van der Waals surface area contributed by atoms with Gasteiger partial charge >= 0.3 is 6.01 Å². The summed E-state index contributed by atoms with van der Waals surface area (Å²) in [6.07, 6.45) is 5.04. The second kappa shape index (κ2) is 9.63. The smallest absolute Gasteiger partial charge is 0.318 e. The third-order valence-electron chi connectivity index (χ3n) is 5.11. The summed E-state index contributed by atoms with van der Waals surface area (Å²) in [5.74, 6) is 0.605.